The Balaban J connectivity index is 1.33. The van der Waals surface area contributed by atoms with E-state index >= 15 is 0 Å². The molecule has 234 valence electrons. The first-order valence-corrected chi connectivity index (χ1v) is 16.1. The fourth-order valence-electron chi connectivity index (χ4n) is 5.32. The van der Waals surface area contributed by atoms with Crippen LogP contribution in [-0.2, 0) is 32.2 Å². The Labute approximate surface area is 267 Å². The minimum absolute atomic E-state index is 0.0103. The summed E-state index contributed by atoms with van der Waals surface area (Å²) < 4.78 is 13.3. The number of nitrogens with one attached hydrogen (secondary N) is 1. The van der Waals surface area contributed by atoms with Crippen molar-refractivity contribution < 1.29 is 29.3 Å². The van der Waals surface area contributed by atoms with Gasteiger partial charge < -0.3 is 25.0 Å². The highest BCUT2D eigenvalue weighted by molar-refractivity contribution is 7.99. The second-order valence-electron chi connectivity index (χ2n) is 11.2. The molecular weight excluding hydrogens is 588 g/mol. The summed E-state index contributed by atoms with van der Waals surface area (Å²) in [5, 5.41) is 22.2. The number of carboxylic acids is 1. The molecule has 5 rings (SSSR count). The topological polar surface area (TPSA) is 118 Å². The SMILES string of the molecule is C[C@@H]1[C@H](CSc2ccccn2)O[C@H](c2cccc(-c3cccc(CNC(=O)CCCC(=O)O)c3)c2)O[C@@H]1c1ccc(CO)cc1. The molecule has 1 amide bonds. The number of aliphatic carboxylic acids is 1. The van der Waals surface area contributed by atoms with Crippen LogP contribution in [0.3, 0.4) is 0 Å². The number of hydrogen-bond donors (Lipinski definition) is 3. The number of ether oxygens (including phenoxy) is 2. The Morgan fingerprint density at radius 1 is 0.867 bits per heavy atom. The van der Waals surface area contributed by atoms with Gasteiger partial charge in [-0.15, -0.1) is 11.8 Å². The highest BCUT2D eigenvalue weighted by Gasteiger charge is 2.38. The van der Waals surface area contributed by atoms with Gasteiger partial charge in [0.2, 0.25) is 5.91 Å². The second kappa shape index (κ2) is 15.8. The third kappa shape index (κ3) is 9.02. The fourth-order valence-corrected chi connectivity index (χ4v) is 6.35. The molecule has 0 aliphatic carbocycles. The van der Waals surface area contributed by atoms with Crippen LogP contribution >= 0.6 is 11.8 Å². The van der Waals surface area contributed by atoms with Crippen molar-refractivity contribution in [1.29, 1.82) is 0 Å². The quantitative estimate of drug-likeness (QED) is 0.141. The summed E-state index contributed by atoms with van der Waals surface area (Å²) in [6.07, 6.45) is 1.36. The molecule has 0 saturated carbocycles. The van der Waals surface area contributed by atoms with Crippen molar-refractivity contribution in [1.82, 2.24) is 10.3 Å². The normalized spacial score (nSPS) is 19.6. The third-order valence-corrected chi connectivity index (χ3v) is 8.89. The number of aromatic nitrogens is 1. The van der Waals surface area contributed by atoms with Crippen molar-refractivity contribution >= 4 is 23.6 Å². The van der Waals surface area contributed by atoms with E-state index in [1.54, 1.807) is 18.0 Å². The summed E-state index contributed by atoms with van der Waals surface area (Å²) in [5.74, 6) is -0.285. The smallest absolute Gasteiger partial charge is 0.303 e. The first-order valence-electron chi connectivity index (χ1n) is 15.1. The lowest BCUT2D eigenvalue weighted by molar-refractivity contribution is -0.268. The molecule has 3 aromatic carbocycles. The monoisotopic (exact) mass is 626 g/mol. The maximum Gasteiger partial charge on any atom is 0.303 e. The highest BCUT2D eigenvalue weighted by atomic mass is 32.2. The van der Waals surface area contributed by atoms with Gasteiger partial charge in [-0.3, -0.25) is 9.59 Å². The average Bonchev–Trinajstić information content (AvgIpc) is 3.07. The van der Waals surface area contributed by atoms with E-state index in [0.717, 1.165) is 38.4 Å². The summed E-state index contributed by atoms with van der Waals surface area (Å²) in [4.78, 5) is 27.3. The van der Waals surface area contributed by atoms with Crippen LogP contribution in [0.15, 0.2) is 102 Å². The number of hydrogen-bond acceptors (Lipinski definition) is 7. The maximum absolute atomic E-state index is 12.2. The van der Waals surface area contributed by atoms with Gasteiger partial charge in [0, 0.05) is 42.8 Å². The molecule has 1 aromatic heterocycles. The number of benzene rings is 3. The van der Waals surface area contributed by atoms with Gasteiger partial charge in [-0.1, -0.05) is 73.7 Å². The number of amides is 1. The zero-order chi connectivity index (χ0) is 31.6. The van der Waals surface area contributed by atoms with Crippen LogP contribution in [0.25, 0.3) is 11.1 Å². The van der Waals surface area contributed by atoms with Crippen molar-refractivity contribution in [2.45, 2.75) is 62.9 Å². The van der Waals surface area contributed by atoms with Crippen LogP contribution in [0, 0.1) is 5.92 Å². The van der Waals surface area contributed by atoms with Gasteiger partial charge in [-0.25, -0.2) is 4.98 Å². The zero-order valence-electron chi connectivity index (χ0n) is 25.2. The van der Waals surface area contributed by atoms with E-state index < -0.39 is 12.3 Å². The minimum Gasteiger partial charge on any atom is -0.481 e. The summed E-state index contributed by atoms with van der Waals surface area (Å²) in [6.45, 7) is 2.50. The van der Waals surface area contributed by atoms with Crippen molar-refractivity contribution in [2.24, 2.45) is 5.92 Å². The number of carbonyl (C=O) groups excluding carboxylic acids is 1. The second-order valence-corrected chi connectivity index (χ2v) is 12.2. The van der Waals surface area contributed by atoms with Crippen molar-refractivity contribution in [3.8, 4) is 11.1 Å². The van der Waals surface area contributed by atoms with Gasteiger partial charge in [-0.2, -0.15) is 0 Å². The van der Waals surface area contributed by atoms with Crippen LogP contribution in [0.4, 0.5) is 0 Å². The van der Waals surface area contributed by atoms with E-state index in [-0.39, 0.29) is 43.5 Å². The lowest BCUT2D eigenvalue weighted by Gasteiger charge is -2.41. The number of pyridine rings is 1. The Kier molecular flexibility index (Phi) is 11.4. The van der Waals surface area contributed by atoms with Gasteiger partial charge in [0.15, 0.2) is 6.29 Å². The molecule has 0 radical (unpaired) electrons. The maximum atomic E-state index is 12.2. The van der Waals surface area contributed by atoms with E-state index in [1.165, 1.54) is 0 Å². The zero-order valence-corrected chi connectivity index (χ0v) is 26.0. The fraction of sp³-hybridized carbons (Fsp3) is 0.306. The number of carboxylic acid groups (broad SMARTS) is 1. The molecule has 1 aliphatic heterocycles. The Bertz CT molecular complexity index is 1570. The van der Waals surface area contributed by atoms with Crippen molar-refractivity contribution in [3.63, 3.8) is 0 Å². The number of nitrogens with zero attached hydrogens (tertiary/aromatic N) is 1. The Hall–Kier alpha value is -4.02. The van der Waals surface area contributed by atoms with E-state index in [2.05, 4.69) is 23.3 Å². The summed E-state index contributed by atoms with van der Waals surface area (Å²) in [5.41, 5.74) is 5.73. The van der Waals surface area contributed by atoms with Gasteiger partial charge in [0.25, 0.3) is 0 Å². The Morgan fingerprint density at radius 3 is 2.38 bits per heavy atom. The van der Waals surface area contributed by atoms with Gasteiger partial charge in [-0.05, 0) is 58.5 Å². The minimum atomic E-state index is -0.901. The average molecular weight is 627 g/mol. The summed E-state index contributed by atoms with van der Waals surface area (Å²) in [7, 11) is 0. The van der Waals surface area contributed by atoms with Crippen LogP contribution in [-0.4, -0.2) is 38.9 Å². The van der Waals surface area contributed by atoms with Crippen molar-refractivity contribution in [2.75, 3.05) is 5.75 Å². The number of aliphatic hydroxyl groups excluding tert-OH is 1. The number of aliphatic hydroxyl groups is 1. The van der Waals surface area contributed by atoms with Gasteiger partial charge >= 0.3 is 5.97 Å². The van der Waals surface area contributed by atoms with Crippen LogP contribution in [0.5, 0.6) is 0 Å². The molecule has 4 atom stereocenters. The lowest BCUT2D eigenvalue weighted by atomic mass is 9.91. The van der Waals surface area contributed by atoms with E-state index in [9.17, 15) is 14.7 Å². The first kappa shape index (κ1) is 32.4. The highest BCUT2D eigenvalue weighted by Crippen LogP contribution is 2.43. The summed E-state index contributed by atoms with van der Waals surface area (Å²) >= 11 is 1.66. The molecule has 0 spiro atoms. The molecule has 1 aliphatic rings. The molecule has 1 fully saturated rings. The predicted octanol–water partition coefficient (Wildman–Crippen LogP) is 6.70. The van der Waals surface area contributed by atoms with Gasteiger partial charge in [0.1, 0.15) is 0 Å². The molecular formula is C36H38N2O6S. The molecule has 45 heavy (non-hydrogen) atoms. The molecule has 0 unspecified atom stereocenters. The number of rotatable bonds is 13. The first-order chi connectivity index (χ1) is 21.9. The lowest BCUT2D eigenvalue weighted by Crippen LogP contribution is -2.38. The van der Waals surface area contributed by atoms with Gasteiger partial charge in [0.05, 0.1) is 23.8 Å². The number of thioether (sulfide) groups is 1. The van der Waals surface area contributed by atoms with E-state index in [4.69, 9.17) is 14.6 Å². The van der Waals surface area contributed by atoms with Crippen molar-refractivity contribution in [3.05, 3.63) is 119 Å². The molecule has 9 heteroatoms. The summed E-state index contributed by atoms with van der Waals surface area (Å²) in [6, 6.07) is 29.9. The van der Waals surface area contributed by atoms with Crippen LogP contribution in [0.1, 0.15) is 60.8 Å². The largest absolute Gasteiger partial charge is 0.481 e. The van der Waals surface area contributed by atoms with E-state index in [0.29, 0.717) is 18.7 Å². The third-order valence-electron chi connectivity index (χ3n) is 7.86. The molecule has 0 bridgehead atoms. The molecule has 8 nitrogen and oxygen atoms in total. The number of carbonyl (C=O) groups is 2. The molecule has 3 N–H and O–H groups in total. The van der Waals surface area contributed by atoms with E-state index in [1.807, 2.05) is 84.9 Å². The Morgan fingerprint density at radius 2 is 1.64 bits per heavy atom. The predicted molar refractivity (Wildman–Crippen MR) is 173 cm³/mol. The van der Waals surface area contributed by atoms with Crippen LogP contribution in [0.2, 0.25) is 0 Å². The molecule has 4 aromatic rings. The van der Waals surface area contributed by atoms with Crippen LogP contribution < -0.4 is 5.32 Å². The molecule has 2 heterocycles. The standard InChI is InChI=1S/C36H38N2O6S/c1-24-31(23-45-33-12-2-3-18-37-33)43-36(44-35(24)27-16-14-25(22-39)15-17-27)30-10-5-9-29(20-30)28-8-4-7-26(19-28)21-38-32(40)11-6-13-34(41)42/h2-5,7-10,12,14-20,24,31,35-36,39H,6,11,13,21-23H2,1H3,(H,38,40)(H,41,42)/t24-,31+,35+,36+/m1/s1. The molecule has 1 saturated heterocycles.